The zero-order chi connectivity index (χ0) is 15.5. The number of hydrogen-bond donors (Lipinski definition) is 2. The number of aromatic nitrogens is 1. The van der Waals surface area contributed by atoms with Crippen LogP contribution in [0.4, 0.5) is 0 Å². The number of fused-ring (bicyclic) bond motifs is 1. The van der Waals surface area contributed by atoms with Crippen LogP contribution in [0.15, 0.2) is 30.3 Å². The van der Waals surface area contributed by atoms with E-state index in [1.54, 1.807) is 0 Å². The maximum Gasteiger partial charge on any atom is 0.0708 e. The van der Waals surface area contributed by atoms with Crippen LogP contribution < -0.4 is 10.6 Å². The summed E-state index contributed by atoms with van der Waals surface area (Å²) in [7, 11) is 0. The molecule has 1 unspecified atom stereocenters. The minimum Gasteiger partial charge on any atom is -0.311 e. The normalized spacial score (nSPS) is 13.6. The molecule has 0 bridgehead atoms. The molecule has 0 spiro atoms. The van der Waals surface area contributed by atoms with Gasteiger partial charge in [-0.3, -0.25) is 4.98 Å². The fourth-order valence-corrected chi connectivity index (χ4v) is 2.36. The second-order valence-electron chi connectivity index (χ2n) is 6.85. The van der Waals surface area contributed by atoms with Gasteiger partial charge in [0.25, 0.3) is 0 Å². The van der Waals surface area contributed by atoms with Crippen LogP contribution in [-0.4, -0.2) is 23.1 Å². The summed E-state index contributed by atoms with van der Waals surface area (Å²) in [4.78, 5) is 4.59. The summed E-state index contributed by atoms with van der Waals surface area (Å²) >= 11 is 0. The van der Waals surface area contributed by atoms with Crippen molar-refractivity contribution < 1.29 is 0 Å². The molecule has 0 aliphatic carbocycles. The number of hydrogen-bond acceptors (Lipinski definition) is 3. The van der Waals surface area contributed by atoms with Gasteiger partial charge in [-0.25, -0.2) is 0 Å². The van der Waals surface area contributed by atoms with Crippen molar-refractivity contribution in [1.29, 1.82) is 0 Å². The van der Waals surface area contributed by atoms with E-state index < -0.39 is 0 Å². The van der Waals surface area contributed by atoms with Crippen molar-refractivity contribution in [1.82, 2.24) is 15.6 Å². The van der Waals surface area contributed by atoms with Crippen LogP contribution in [0, 0.1) is 6.92 Å². The van der Waals surface area contributed by atoms with Crippen LogP contribution in [0.5, 0.6) is 0 Å². The average molecular weight is 285 g/mol. The molecule has 3 nitrogen and oxygen atoms in total. The van der Waals surface area contributed by atoms with Gasteiger partial charge in [0.05, 0.1) is 5.52 Å². The Hall–Kier alpha value is -1.45. The molecule has 0 saturated heterocycles. The van der Waals surface area contributed by atoms with Crippen molar-refractivity contribution in [3.8, 4) is 0 Å². The lowest BCUT2D eigenvalue weighted by Crippen LogP contribution is -2.44. The van der Waals surface area contributed by atoms with Crippen LogP contribution in [-0.2, 0) is 6.54 Å². The predicted octanol–water partition coefficient (Wildman–Crippen LogP) is 3.41. The number of benzene rings is 1. The standard InChI is InChI=1S/C18H27N3/c1-13-10-15(16-8-6-7-9-17(16)21-13)12-19-14(2)11-20-18(3,4)5/h6-10,14,19-20H,11-12H2,1-5H3. The maximum atomic E-state index is 4.59. The lowest BCUT2D eigenvalue weighted by atomic mass is 10.1. The van der Waals surface area contributed by atoms with Crippen LogP contribution in [0.1, 0.15) is 39.0 Å². The van der Waals surface area contributed by atoms with E-state index in [4.69, 9.17) is 0 Å². The molecule has 2 aromatic rings. The second kappa shape index (κ2) is 6.54. The molecule has 1 atom stereocenters. The third-order valence-corrected chi connectivity index (χ3v) is 3.51. The van der Waals surface area contributed by atoms with Gasteiger partial charge in [-0.2, -0.15) is 0 Å². The highest BCUT2D eigenvalue weighted by Crippen LogP contribution is 2.18. The van der Waals surface area contributed by atoms with E-state index in [0.717, 1.165) is 24.3 Å². The average Bonchev–Trinajstić information content (AvgIpc) is 2.41. The second-order valence-corrected chi connectivity index (χ2v) is 6.85. The number of pyridine rings is 1. The topological polar surface area (TPSA) is 37.0 Å². The molecule has 1 aromatic heterocycles. The molecule has 0 aliphatic rings. The van der Waals surface area contributed by atoms with Gasteiger partial charge in [0.1, 0.15) is 0 Å². The maximum absolute atomic E-state index is 4.59. The minimum absolute atomic E-state index is 0.163. The van der Waals surface area contributed by atoms with E-state index in [9.17, 15) is 0 Å². The van der Waals surface area contributed by atoms with Gasteiger partial charge >= 0.3 is 0 Å². The van der Waals surface area contributed by atoms with Crippen molar-refractivity contribution in [2.75, 3.05) is 6.54 Å². The summed E-state index contributed by atoms with van der Waals surface area (Å²) in [6.07, 6.45) is 0. The largest absolute Gasteiger partial charge is 0.311 e. The van der Waals surface area contributed by atoms with Crippen molar-refractivity contribution in [2.24, 2.45) is 0 Å². The molecule has 0 aliphatic heterocycles. The minimum atomic E-state index is 0.163. The zero-order valence-corrected chi connectivity index (χ0v) is 13.8. The zero-order valence-electron chi connectivity index (χ0n) is 13.8. The monoisotopic (exact) mass is 285 g/mol. The Morgan fingerprint density at radius 3 is 2.62 bits per heavy atom. The van der Waals surface area contributed by atoms with E-state index in [2.05, 4.69) is 74.5 Å². The van der Waals surface area contributed by atoms with Crippen molar-refractivity contribution in [2.45, 2.75) is 52.7 Å². The summed E-state index contributed by atoms with van der Waals surface area (Å²) in [5.41, 5.74) is 3.64. The molecule has 0 radical (unpaired) electrons. The highest BCUT2D eigenvalue weighted by atomic mass is 15.0. The van der Waals surface area contributed by atoms with E-state index in [0.29, 0.717) is 6.04 Å². The Kier molecular flexibility index (Phi) is 4.96. The third-order valence-electron chi connectivity index (χ3n) is 3.51. The van der Waals surface area contributed by atoms with E-state index in [1.165, 1.54) is 10.9 Å². The molecule has 2 rings (SSSR count). The lowest BCUT2D eigenvalue weighted by molar-refractivity contribution is 0.387. The van der Waals surface area contributed by atoms with E-state index >= 15 is 0 Å². The summed E-state index contributed by atoms with van der Waals surface area (Å²) in [6, 6.07) is 11.0. The lowest BCUT2D eigenvalue weighted by Gasteiger charge is -2.24. The van der Waals surface area contributed by atoms with Gasteiger partial charge in [0, 0.05) is 35.8 Å². The molecule has 114 valence electrons. The Bertz CT molecular complexity index is 599. The van der Waals surface area contributed by atoms with Gasteiger partial charge in [0.15, 0.2) is 0 Å². The molecule has 0 fully saturated rings. The first-order valence-electron chi connectivity index (χ1n) is 7.69. The van der Waals surface area contributed by atoms with E-state index in [1.807, 2.05) is 6.07 Å². The summed E-state index contributed by atoms with van der Waals surface area (Å²) in [5, 5.41) is 8.37. The fourth-order valence-electron chi connectivity index (χ4n) is 2.36. The number of para-hydroxylation sites is 1. The molecule has 0 saturated carbocycles. The van der Waals surface area contributed by atoms with Gasteiger partial charge in [-0.05, 0) is 52.3 Å². The summed E-state index contributed by atoms with van der Waals surface area (Å²) in [5.74, 6) is 0. The number of aryl methyl sites for hydroxylation is 1. The predicted molar refractivity (Wildman–Crippen MR) is 90.5 cm³/mol. The Morgan fingerprint density at radius 1 is 1.19 bits per heavy atom. The smallest absolute Gasteiger partial charge is 0.0708 e. The SMILES string of the molecule is Cc1cc(CNC(C)CNC(C)(C)C)c2ccccc2n1. The number of nitrogens with one attached hydrogen (secondary N) is 2. The van der Waals surface area contributed by atoms with E-state index in [-0.39, 0.29) is 5.54 Å². The fraction of sp³-hybridized carbons (Fsp3) is 0.500. The van der Waals surface area contributed by atoms with Gasteiger partial charge in [-0.1, -0.05) is 18.2 Å². The van der Waals surface area contributed by atoms with Crippen molar-refractivity contribution >= 4 is 10.9 Å². The quantitative estimate of drug-likeness (QED) is 0.884. The van der Waals surface area contributed by atoms with Crippen LogP contribution in [0.25, 0.3) is 10.9 Å². The Balaban J connectivity index is 2.03. The van der Waals surface area contributed by atoms with Crippen molar-refractivity contribution in [3.05, 3.63) is 41.6 Å². The molecule has 1 aromatic carbocycles. The Labute approximate surface area is 128 Å². The first-order valence-corrected chi connectivity index (χ1v) is 7.69. The number of rotatable bonds is 5. The van der Waals surface area contributed by atoms with Crippen molar-refractivity contribution in [3.63, 3.8) is 0 Å². The van der Waals surface area contributed by atoms with Crippen LogP contribution >= 0.6 is 0 Å². The van der Waals surface area contributed by atoms with Gasteiger partial charge in [-0.15, -0.1) is 0 Å². The third kappa shape index (κ3) is 4.80. The Morgan fingerprint density at radius 2 is 1.90 bits per heavy atom. The molecular formula is C18H27N3. The molecule has 2 N–H and O–H groups in total. The molecule has 1 heterocycles. The summed E-state index contributed by atoms with van der Waals surface area (Å²) in [6.45, 7) is 12.7. The molecular weight excluding hydrogens is 258 g/mol. The highest BCUT2D eigenvalue weighted by Gasteiger charge is 2.11. The molecule has 21 heavy (non-hydrogen) atoms. The van der Waals surface area contributed by atoms with Crippen LogP contribution in [0.3, 0.4) is 0 Å². The summed E-state index contributed by atoms with van der Waals surface area (Å²) < 4.78 is 0. The molecule has 0 amide bonds. The first kappa shape index (κ1) is 15.9. The van der Waals surface area contributed by atoms with Gasteiger partial charge in [0.2, 0.25) is 0 Å². The van der Waals surface area contributed by atoms with Gasteiger partial charge < -0.3 is 10.6 Å². The highest BCUT2D eigenvalue weighted by molar-refractivity contribution is 5.82. The van der Waals surface area contributed by atoms with Crippen LogP contribution in [0.2, 0.25) is 0 Å². The number of nitrogens with zero attached hydrogens (tertiary/aromatic N) is 1. The first-order chi connectivity index (χ1) is 9.85. The molecule has 3 heteroatoms.